The number of ether oxygens (including phenoxy) is 6. The topological polar surface area (TPSA) is 89.5 Å². The fourth-order valence-corrected chi connectivity index (χ4v) is 3.42. The van der Waals surface area contributed by atoms with Crippen LogP contribution in [0.4, 0.5) is 0 Å². The average molecular weight is 530 g/mol. The van der Waals surface area contributed by atoms with Crippen molar-refractivity contribution in [2.24, 2.45) is 0 Å². The van der Waals surface area contributed by atoms with Crippen molar-refractivity contribution in [2.75, 3.05) is 42.0 Å². The maximum atomic E-state index is 13.4. The molecule has 0 fully saturated rings. The number of halogens is 1. The van der Waals surface area contributed by atoms with E-state index in [-0.39, 0.29) is 37.1 Å². The van der Waals surface area contributed by atoms with E-state index in [4.69, 9.17) is 28.4 Å². The molecule has 0 unspecified atom stereocenters. The van der Waals surface area contributed by atoms with Gasteiger partial charge in [0.15, 0.2) is 19.4 Å². The van der Waals surface area contributed by atoms with E-state index in [1.807, 2.05) is 22.6 Å². The van der Waals surface area contributed by atoms with Crippen LogP contribution in [0.1, 0.15) is 21.5 Å². The van der Waals surface area contributed by atoms with Crippen LogP contribution in [-0.4, -0.2) is 53.8 Å². The molecule has 0 atom stereocenters. The number of rotatable bonds is 11. The molecule has 2 rings (SSSR count). The Hall–Kier alpha value is -2.37. The number of esters is 1. The Morgan fingerprint density at radius 1 is 0.900 bits per heavy atom. The second-order valence-corrected chi connectivity index (χ2v) is 7.03. The zero-order valence-corrected chi connectivity index (χ0v) is 19.3. The molecule has 0 aromatic heterocycles. The lowest BCUT2D eigenvalue weighted by atomic mass is 9.95. The lowest BCUT2D eigenvalue weighted by Gasteiger charge is -2.19. The van der Waals surface area contributed by atoms with Crippen molar-refractivity contribution in [2.45, 2.75) is 6.42 Å². The van der Waals surface area contributed by atoms with E-state index in [9.17, 15) is 9.59 Å². The van der Waals surface area contributed by atoms with Crippen LogP contribution in [0.25, 0.3) is 0 Å². The molecule has 0 aliphatic rings. The Balaban J connectivity index is 2.65. The first-order valence-electron chi connectivity index (χ1n) is 8.81. The number of methoxy groups -OCH3 is 4. The largest absolute Gasteiger partial charge is 0.497 e. The first kappa shape index (κ1) is 23.9. The number of hydrogen-bond donors (Lipinski definition) is 0. The van der Waals surface area contributed by atoms with Crippen molar-refractivity contribution >= 4 is 34.3 Å². The van der Waals surface area contributed by atoms with Gasteiger partial charge in [-0.3, -0.25) is 9.59 Å². The maximum Gasteiger partial charge on any atom is 0.310 e. The van der Waals surface area contributed by atoms with Crippen molar-refractivity contribution < 1.29 is 38.0 Å². The Morgan fingerprint density at radius 3 is 2.03 bits per heavy atom. The van der Waals surface area contributed by atoms with Crippen molar-refractivity contribution in [1.82, 2.24) is 0 Å². The Labute approximate surface area is 188 Å². The molecule has 2 aromatic rings. The quantitative estimate of drug-likeness (QED) is 0.190. The monoisotopic (exact) mass is 530 g/mol. The fourth-order valence-electron chi connectivity index (χ4n) is 2.64. The summed E-state index contributed by atoms with van der Waals surface area (Å²) in [6.07, 6.45) is -0.139. The third-order valence-electron chi connectivity index (χ3n) is 4.08. The SMILES string of the molecule is COCOc1cc(OCOC)c(C(=O)c2ccc(OC)cc2)c(CC(=O)OC)c1I. The molecule has 8 nitrogen and oxygen atoms in total. The van der Waals surface area contributed by atoms with Crippen LogP contribution in [0.3, 0.4) is 0 Å². The summed E-state index contributed by atoms with van der Waals surface area (Å²) in [7, 11) is 5.79. The van der Waals surface area contributed by atoms with Gasteiger partial charge in [0.25, 0.3) is 0 Å². The first-order valence-corrected chi connectivity index (χ1v) is 9.89. The number of carbonyl (C=O) groups is 2. The van der Waals surface area contributed by atoms with E-state index < -0.39 is 5.97 Å². The van der Waals surface area contributed by atoms with E-state index in [1.54, 1.807) is 37.4 Å². The van der Waals surface area contributed by atoms with E-state index in [1.165, 1.54) is 21.3 Å². The van der Waals surface area contributed by atoms with Crippen molar-refractivity contribution in [3.05, 3.63) is 50.6 Å². The van der Waals surface area contributed by atoms with Gasteiger partial charge in [0.05, 0.1) is 29.8 Å². The number of hydrogen-bond acceptors (Lipinski definition) is 8. The molecule has 0 N–H and O–H groups in total. The van der Waals surface area contributed by atoms with Crippen LogP contribution in [0.5, 0.6) is 17.2 Å². The van der Waals surface area contributed by atoms with Gasteiger partial charge in [-0.05, 0) is 52.4 Å². The van der Waals surface area contributed by atoms with Gasteiger partial charge in [-0.15, -0.1) is 0 Å². The molecule has 0 saturated carbocycles. The molecule has 0 amide bonds. The zero-order chi connectivity index (χ0) is 22.1. The normalized spacial score (nSPS) is 10.4. The molecular weight excluding hydrogens is 507 g/mol. The standard InChI is InChI=1S/C21H23IO8/c1-25-11-29-16-10-17(30-12-26-2)20(22)15(9-18(23)28-4)19(16)21(24)13-5-7-14(27-3)8-6-13/h5-8,10H,9,11-12H2,1-4H3. The molecule has 0 saturated heterocycles. The van der Waals surface area contributed by atoms with Gasteiger partial charge in [-0.2, -0.15) is 0 Å². The molecule has 0 aliphatic heterocycles. The van der Waals surface area contributed by atoms with E-state index >= 15 is 0 Å². The molecule has 0 radical (unpaired) electrons. The summed E-state index contributed by atoms with van der Waals surface area (Å²) >= 11 is 2.03. The van der Waals surface area contributed by atoms with Gasteiger partial charge in [0, 0.05) is 25.8 Å². The lowest BCUT2D eigenvalue weighted by Crippen LogP contribution is -2.16. The summed E-state index contributed by atoms with van der Waals surface area (Å²) in [4.78, 5) is 25.5. The highest BCUT2D eigenvalue weighted by atomic mass is 127. The summed E-state index contributed by atoms with van der Waals surface area (Å²) in [6, 6.07) is 8.24. The summed E-state index contributed by atoms with van der Waals surface area (Å²) < 4.78 is 31.8. The molecule has 0 heterocycles. The zero-order valence-electron chi connectivity index (χ0n) is 17.2. The Morgan fingerprint density at radius 2 is 1.50 bits per heavy atom. The smallest absolute Gasteiger partial charge is 0.310 e. The third-order valence-corrected chi connectivity index (χ3v) is 5.27. The van der Waals surface area contributed by atoms with Gasteiger partial charge in [0.1, 0.15) is 17.2 Å². The highest BCUT2D eigenvalue weighted by Gasteiger charge is 2.26. The highest BCUT2D eigenvalue weighted by molar-refractivity contribution is 14.1. The predicted molar refractivity (Wildman–Crippen MR) is 116 cm³/mol. The minimum Gasteiger partial charge on any atom is -0.497 e. The van der Waals surface area contributed by atoms with Crippen molar-refractivity contribution in [1.29, 1.82) is 0 Å². The first-order chi connectivity index (χ1) is 14.5. The molecule has 30 heavy (non-hydrogen) atoms. The highest BCUT2D eigenvalue weighted by Crippen LogP contribution is 2.37. The molecule has 0 spiro atoms. The summed E-state index contributed by atoms with van der Waals surface area (Å²) in [5, 5.41) is 0. The molecule has 9 heteroatoms. The van der Waals surface area contributed by atoms with Crippen LogP contribution in [0.15, 0.2) is 30.3 Å². The van der Waals surface area contributed by atoms with E-state index in [0.717, 1.165) is 0 Å². The number of carbonyl (C=O) groups excluding carboxylic acids is 2. The van der Waals surface area contributed by atoms with Crippen LogP contribution < -0.4 is 14.2 Å². The van der Waals surface area contributed by atoms with Gasteiger partial charge < -0.3 is 28.4 Å². The van der Waals surface area contributed by atoms with Crippen LogP contribution in [0, 0.1) is 3.57 Å². The van der Waals surface area contributed by atoms with Gasteiger partial charge in [-0.25, -0.2) is 0 Å². The molecular formula is C21H23IO8. The van der Waals surface area contributed by atoms with E-state index in [0.29, 0.717) is 26.2 Å². The van der Waals surface area contributed by atoms with Crippen molar-refractivity contribution in [3.63, 3.8) is 0 Å². The second-order valence-electron chi connectivity index (χ2n) is 5.95. The molecule has 0 aliphatic carbocycles. The molecule has 2 aromatic carbocycles. The summed E-state index contributed by atoms with van der Waals surface area (Å²) in [6.45, 7) is -0.103. The van der Waals surface area contributed by atoms with Crippen LogP contribution >= 0.6 is 22.6 Å². The number of ketones is 1. The Kier molecular flexibility index (Phi) is 9.34. The predicted octanol–water partition coefficient (Wildman–Crippen LogP) is 3.21. The van der Waals surface area contributed by atoms with Crippen molar-refractivity contribution in [3.8, 4) is 17.2 Å². The van der Waals surface area contributed by atoms with E-state index in [2.05, 4.69) is 0 Å². The minimum absolute atomic E-state index is 0.0108. The van der Waals surface area contributed by atoms with Gasteiger partial charge >= 0.3 is 5.97 Å². The van der Waals surface area contributed by atoms with Gasteiger partial charge in [-0.1, -0.05) is 0 Å². The van der Waals surface area contributed by atoms with Gasteiger partial charge in [0.2, 0.25) is 0 Å². The summed E-state index contributed by atoms with van der Waals surface area (Å²) in [5.74, 6) is 0.434. The fraction of sp³-hybridized carbons (Fsp3) is 0.333. The number of benzene rings is 2. The maximum absolute atomic E-state index is 13.4. The molecule has 0 bridgehead atoms. The molecule has 162 valence electrons. The lowest BCUT2D eigenvalue weighted by molar-refractivity contribution is -0.139. The average Bonchev–Trinajstić information content (AvgIpc) is 2.77. The minimum atomic E-state index is -0.502. The second kappa shape index (κ2) is 11.7. The third kappa shape index (κ3) is 5.83. The summed E-state index contributed by atoms with van der Waals surface area (Å²) in [5.41, 5.74) is 1.07. The van der Waals surface area contributed by atoms with Crippen LogP contribution in [0.2, 0.25) is 0 Å². The van der Waals surface area contributed by atoms with Crippen LogP contribution in [-0.2, 0) is 25.4 Å². The Bertz CT molecular complexity index is 880.